The van der Waals surface area contributed by atoms with Crippen molar-refractivity contribution >= 4 is 17.0 Å². The molecule has 3 aromatic rings. The van der Waals surface area contributed by atoms with Crippen molar-refractivity contribution in [2.24, 2.45) is 0 Å². The highest BCUT2D eigenvalue weighted by Crippen LogP contribution is 2.31. The van der Waals surface area contributed by atoms with Crippen LogP contribution in [0, 0.1) is 5.82 Å². The minimum atomic E-state index is -4.66. The lowest BCUT2D eigenvalue weighted by atomic mass is 10.1. The Morgan fingerprint density at radius 2 is 1.78 bits per heavy atom. The van der Waals surface area contributed by atoms with Crippen LogP contribution in [0.15, 0.2) is 47.3 Å². The second-order valence-electron chi connectivity index (χ2n) is 8.16. The number of carbonyl (C=O) groups is 1. The molecule has 32 heavy (non-hydrogen) atoms. The van der Waals surface area contributed by atoms with Gasteiger partial charge in [0.2, 0.25) is 0 Å². The van der Waals surface area contributed by atoms with Crippen LogP contribution in [0.2, 0.25) is 0 Å². The monoisotopic (exact) mass is 451 g/mol. The molecule has 0 saturated heterocycles. The molecule has 1 heterocycles. The van der Waals surface area contributed by atoms with Crippen LogP contribution in [0.1, 0.15) is 45.1 Å². The Morgan fingerprint density at radius 3 is 2.41 bits per heavy atom. The molecule has 6 nitrogen and oxygen atoms in total. The first-order chi connectivity index (χ1) is 14.8. The number of benzene rings is 2. The van der Waals surface area contributed by atoms with Gasteiger partial charge in [-0.05, 0) is 58.0 Å². The summed E-state index contributed by atoms with van der Waals surface area (Å²) in [6.07, 6.45) is -5.47. The Bertz CT molecular complexity index is 1230. The van der Waals surface area contributed by atoms with Gasteiger partial charge in [-0.15, -0.1) is 0 Å². The molecule has 0 fully saturated rings. The second-order valence-corrected chi connectivity index (χ2v) is 8.16. The van der Waals surface area contributed by atoms with E-state index < -0.39 is 40.9 Å². The van der Waals surface area contributed by atoms with E-state index in [4.69, 9.17) is 4.74 Å². The van der Waals surface area contributed by atoms with E-state index in [1.54, 1.807) is 20.8 Å². The molecule has 3 rings (SSSR count). The van der Waals surface area contributed by atoms with Crippen LogP contribution in [0.4, 0.5) is 22.4 Å². The molecule has 0 saturated carbocycles. The lowest BCUT2D eigenvalue weighted by molar-refractivity contribution is -0.137. The number of carbonyl (C=O) groups excluding carboxylic acids is 1. The van der Waals surface area contributed by atoms with Crippen molar-refractivity contribution in [3.8, 4) is 5.69 Å². The maximum absolute atomic E-state index is 14.4. The minimum Gasteiger partial charge on any atom is -0.444 e. The lowest BCUT2D eigenvalue weighted by Gasteiger charge is -2.23. The first kappa shape index (κ1) is 23.2. The summed E-state index contributed by atoms with van der Waals surface area (Å²) in [5.41, 5.74) is -2.86. The quantitative estimate of drug-likeness (QED) is 0.561. The SMILES string of the molecule is CC(NC(=O)OC(C)(C)C)c1nc2cccc(F)c2c(=O)n1-c1cccc(C(F)(F)F)c1. The molecule has 1 N–H and O–H groups in total. The van der Waals surface area contributed by atoms with Gasteiger partial charge in [0.05, 0.1) is 22.8 Å². The Hall–Kier alpha value is -3.43. The van der Waals surface area contributed by atoms with E-state index in [0.29, 0.717) is 0 Å². The zero-order valence-electron chi connectivity index (χ0n) is 17.7. The van der Waals surface area contributed by atoms with Crippen molar-refractivity contribution in [2.75, 3.05) is 0 Å². The van der Waals surface area contributed by atoms with E-state index >= 15 is 0 Å². The zero-order valence-corrected chi connectivity index (χ0v) is 17.7. The Labute approximate surface area is 180 Å². The number of alkyl halides is 3. The van der Waals surface area contributed by atoms with Gasteiger partial charge in [0, 0.05) is 0 Å². The van der Waals surface area contributed by atoms with Crippen LogP contribution in [0.5, 0.6) is 0 Å². The number of halogens is 4. The molecule has 1 amide bonds. The van der Waals surface area contributed by atoms with E-state index in [-0.39, 0.29) is 22.4 Å². The summed E-state index contributed by atoms with van der Waals surface area (Å²) in [5.74, 6) is -0.946. The molecule has 0 aliphatic rings. The van der Waals surface area contributed by atoms with E-state index in [0.717, 1.165) is 28.8 Å². The number of aromatic nitrogens is 2. The number of hydrogen-bond donors (Lipinski definition) is 1. The van der Waals surface area contributed by atoms with Gasteiger partial charge in [-0.25, -0.2) is 14.2 Å². The van der Waals surface area contributed by atoms with Crippen LogP contribution in [-0.2, 0) is 10.9 Å². The third-order valence-corrected chi connectivity index (χ3v) is 4.42. The van der Waals surface area contributed by atoms with Gasteiger partial charge in [0.25, 0.3) is 5.56 Å². The van der Waals surface area contributed by atoms with Gasteiger partial charge in [0.1, 0.15) is 22.6 Å². The number of ether oxygens (including phenoxy) is 1. The maximum atomic E-state index is 14.4. The molecule has 0 aliphatic heterocycles. The number of alkyl carbamates (subject to hydrolysis) is 1. The lowest BCUT2D eigenvalue weighted by Crippen LogP contribution is -2.37. The molecule has 0 aliphatic carbocycles. The van der Waals surface area contributed by atoms with Crippen molar-refractivity contribution in [2.45, 2.75) is 45.5 Å². The van der Waals surface area contributed by atoms with Crippen LogP contribution < -0.4 is 10.9 Å². The van der Waals surface area contributed by atoms with Gasteiger partial charge >= 0.3 is 12.3 Å². The summed E-state index contributed by atoms with van der Waals surface area (Å²) in [6.45, 7) is 6.47. The van der Waals surface area contributed by atoms with Crippen molar-refractivity contribution in [3.05, 3.63) is 70.0 Å². The highest BCUT2D eigenvalue weighted by Gasteiger charge is 2.31. The van der Waals surface area contributed by atoms with Gasteiger partial charge in [0.15, 0.2) is 0 Å². The molecule has 170 valence electrons. The van der Waals surface area contributed by atoms with Gasteiger partial charge in [-0.3, -0.25) is 9.36 Å². The summed E-state index contributed by atoms with van der Waals surface area (Å²) >= 11 is 0. The summed E-state index contributed by atoms with van der Waals surface area (Å²) < 4.78 is 60.2. The van der Waals surface area contributed by atoms with E-state index in [2.05, 4.69) is 10.3 Å². The molecule has 1 atom stereocenters. The molecule has 1 unspecified atom stereocenters. The highest BCUT2D eigenvalue weighted by molar-refractivity contribution is 5.79. The van der Waals surface area contributed by atoms with E-state index in [1.165, 1.54) is 25.1 Å². The van der Waals surface area contributed by atoms with Crippen LogP contribution in [0.3, 0.4) is 0 Å². The van der Waals surface area contributed by atoms with Crippen LogP contribution >= 0.6 is 0 Å². The number of amides is 1. The first-order valence-electron chi connectivity index (χ1n) is 9.66. The minimum absolute atomic E-state index is 0.00562. The number of nitrogens with one attached hydrogen (secondary N) is 1. The molecule has 10 heteroatoms. The van der Waals surface area contributed by atoms with Crippen molar-refractivity contribution in [1.82, 2.24) is 14.9 Å². The smallest absolute Gasteiger partial charge is 0.416 e. The number of rotatable bonds is 3. The third-order valence-electron chi connectivity index (χ3n) is 4.42. The summed E-state index contributed by atoms with van der Waals surface area (Å²) in [5, 5.41) is 2.14. The summed E-state index contributed by atoms with van der Waals surface area (Å²) in [6, 6.07) is 6.88. The second kappa shape index (κ2) is 8.25. The predicted molar refractivity (Wildman–Crippen MR) is 110 cm³/mol. The predicted octanol–water partition coefficient (Wildman–Crippen LogP) is 5.13. The average molecular weight is 451 g/mol. The molecule has 2 aromatic carbocycles. The fourth-order valence-corrected chi connectivity index (χ4v) is 3.12. The highest BCUT2D eigenvalue weighted by atomic mass is 19.4. The fraction of sp³-hybridized carbons (Fsp3) is 0.318. The van der Waals surface area contributed by atoms with E-state index in [1.807, 2.05) is 0 Å². The molecule has 0 spiro atoms. The van der Waals surface area contributed by atoms with Crippen LogP contribution in [0.25, 0.3) is 16.6 Å². The molecule has 0 radical (unpaired) electrons. The van der Waals surface area contributed by atoms with Gasteiger partial charge in [-0.2, -0.15) is 13.2 Å². The van der Waals surface area contributed by atoms with Gasteiger partial charge < -0.3 is 10.1 Å². The summed E-state index contributed by atoms with van der Waals surface area (Å²) in [4.78, 5) is 29.7. The largest absolute Gasteiger partial charge is 0.444 e. The number of hydrogen-bond acceptors (Lipinski definition) is 4. The molecule has 1 aromatic heterocycles. The normalized spacial score (nSPS) is 13.1. The Morgan fingerprint density at radius 1 is 1.12 bits per heavy atom. The topological polar surface area (TPSA) is 73.2 Å². The summed E-state index contributed by atoms with van der Waals surface area (Å²) in [7, 11) is 0. The first-order valence-corrected chi connectivity index (χ1v) is 9.66. The Kier molecular flexibility index (Phi) is 5.99. The number of fused-ring (bicyclic) bond motifs is 1. The number of nitrogens with zero attached hydrogens (tertiary/aromatic N) is 2. The maximum Gasteiger partial charge on any atom is 0.416 e. The molecular formula is C22H21F4N3O3. The van der Waals surface area contributed by atoms with Crippen molar-refractivity contribution < 1.29 is 27.1 Å². The average Bonchev–Trinajstić information content (AvgIpc) is 2.65. The van der Waals surface area contributed by atoms with Gasteiger partial charge in [-0.1, -0.05) is 12.1 Å². The van der Waals surface area contributed by atoms with E-state index in [9.17, 15) is 27.2 Å². The molecular weight excluding hydrogens is 430 g/mol. The van der Waals surface area contributed by atoms with Crippen molar-refractivity contribution in [1.29, 1.82) is 0 Å². The third kappa shape index (κ3) is 4.90. The van der Waals surface area contributed by atoms with Crippen molar-refractivity contribution in [3.63, 3.8) is 0 Å². The Balaban J connectivity index is 2.22. The van der Waals surface area contributed by atoms with Crippen LogP contribution in [-0.4, -0.2) is 21.2 Å². The standard InChI is InChI=1S/C22H21F4N3O3/c1-12(27-20(31)32-21(2,3)4)18-28-16-10-6-9-15(23)17(16)19(30)29(18)14-8-5-7-13(11-14)22(24,25)26/h5-12H,1-4H3,(H,27,31). The molecule has 0 bridgehead atoms. The zero-order chi connectivity index (χ0) is 23.8. The fourth-order valence-electron chi connectivity index (χ4n) is 3.12.